The molecule has 0 aromatic heterocycles. The molecule has 1 N–H and O–H groups in total. The van der Waals surface area contributed by atoms with E-state index in [4.69, 9.17) is 0 Å². The molecule has 3 nitrogen and oxygen atoms in total. The van der Waals surface area contributed by atoms with Crippen molar-refractivity contribution in [3.8, 4) is 0 Å². The number of hydrogen-bond donors (Lipinski definition) is 1. The van der Waals surface area contributed by atoms with Crippen molar-refractivity contribution in [1.82, 2.24) is 4.90 Å². The van der Waals surface area contributed by atoms with E-state index < -0.39 is 6.10 Å². The zero-order chi connectivity index (χ0) is 15.3. The Morgan fingerprint density at radius 2 is 1.80 bits per heavy atom. The molecule has 0 radical (unpaired) electrons. The quantitative estimate of drug-likeness (QED) is 0.857. The van der Waals surface area contributed by atoms with Gasteiger partial charge in [-0.1, -0.05) is 57.2 Å². The van der Waals surface area contributed by atoms with Crippen LogP contribution in [0.5, 0.6) is 0 Å². The molecule has 0 saturated carbocycles. The highest BCUT2D eigenvalue weighted by molar-refractivity contribution is 5.87. The molecule has 0 aliphatic carbocycles. The summed E-state index contributed by atoms with van der Waals surface area (Å²) in [5.41, 5.74) is 0.789. The predicted molar refractivity (Wildman–Crippen MR) is 82.2 cm³/mol. The number of carbonyl (C=O) groups excluding carboxylic acids is 1. The molecule has 0 aliphatic heterocycles. The molecule has 0 bridgehead atoms. The van der Waals surface area contributed by atoms with Crippen LogP contribution in [0.4, 0.5) is 0 Å². The van der Waals surface area contributed by atoms with E-state index >= 15 is 0 Å². The van der Waals surface area contributed by atoms with Crippen LogP contribution < -0.4 is 0 Å². The van der Waals surface area contributed by atoms with Crippen LogP contribution in [-0.2, 0) is 4.79 Å². The van der Waals surface area contributed by atoms with Crippen molar-refractivity contribution in [2.24, 2.45) is 5.41 Å². The summed E-state index contributed by atoms with van der Waals surface area (Å²) in [6, 6.07) is 9.12. The lowest BCUT2D eigenvalue weighted by Gasteiger charge is -2.28. The molecule has 0 saturated heterocycles. The minimum absolute atomic E-state index is 0.0300. The van der Waals surface area contributed by atoms with Crippen LogP contribution >= 0.6 is 0 Å². The van der Waals surface area contributed by atoms with Gasteiger partial charge in [-0.3, -0.25) is 4.79 Å². The summed E-state index contributed by atoms with van der Waals surface area (Å²) in [6.07, 6.45) is 2.77. The van der Waals surface area contributed by atoms with Gasteiger partial charge in [0, 0.05) is 7.05 Å². The van der Waals surface area contributed by atoms with Gasteiger partial charge in [-0.2, -0.15) is 0 Å². The number of carbonyl (C=O) groups is 1. The molecular weight excluding hydrogens is 250 g/mol. The summed E-state index contributed by atoms with van der Waals surface area (Å²) in [7, 11) is 1.71. The highest BCUT2D eigenvalue weighted by atomic mass is 16.3. The van der Waals surface area contributed by atoms with Crippen molar-refractivity contribution in [1.29, 1.82) is 0 Å². The van der Waals surface area contributed by atoms with Gasteiger partial charge < -0.3 is 10.0 Å². The number of likely N-dealkylation sites (N-methyl/N-ethyl adjacent to an activating group) is 1. The molecule has 1 aromatic rings. The second-order valence-corrected chi connectivity index (χ2v) is 6.24. The Bertz CT molecular complexity index is 460. The highest BCUT2D eigenvalue weighted by Crippen LogP contribution is 2.20. The lowest BCUT2D eigenvalue weighted by atomic mass is 9.96. The van der Waals surface area contributed by atoms with Gasteiger partial charge in [0.15, 0.2) is 0 Å². The lowest BCUT2D eigenvalue weighted by molar-refractivity contribution is -0.128. The number of rotatable bonds is 4. The summed E-state index contributed by atoms with van der Waals surface area (Å²) >= 11 is 0. The van der Waals surface area contributed by atoms with Crippen LogP contribution in [0.2, 0.25) is 0 Å². The summed E-state index contributed by atoms with van der Waals surface area (Å²) in [5.74, 6) is -0.0950. The molecule has 1 aromatic carbocycles. The van der Waals surface area contributed by atoms with Gasteiger partial charge in [0.2, 0.25) is 5.91 Å². The minimum atomic E-state index is -0.687. The average Bonchev–Trinajstić information content (AvgIpc) is 2.42. The Labute approximate surface area is 121 Å². The smallest absolute Gasteiger partial charge is 0.246 e. The van der Waals surface area contributed by atoms with E-state index in [0.29, 0.717) is 0 Å². The van der Waals surface area contributed by atoms with Crippen molar-refractivity contribution in [2.45, 2.75) is 39.8 Å². The number of aliphatic hydroxyl groups excluding tert-OH is 1. The zero-order valence-electron chi connectivity index (χ0n) is 13.0. The Hall–Kier alpha value is -1.61. The van der Waals surface area contributed by atoms with Gasteiger partial charge in [-0.05, 0) is 24.0 Å². The van der Waals surface area contributed by atoms with E-state index in [-0.39, 0.29) is 17.4 Å². The number of benzene rings is 1. The third kappa shape index (κ3) is 4.82. The van der Waals surface area contributed by atoms with Gasteiger partial charge in [0.25, 0.3) is 0 Å². The molecule has 0 heterocycles. The molecule has 20 heavy (non-hydrogen) atoms. The maximum atomic E-state index is 12.1. The average molecular weight is 275 g/mol. The third-order valence-corrected chi connectivity index (χ3v) is 3.28. The van der Waals surface area contributed by atoms with E-state index in [1.807, 2.05) is 64.1 Å². The number of aliphatic hydroxyl groups is 1. The molecule has 0 unspecified atom stereocenters. The second-order valence-electron chi connectivity index (χ2n) is 6.24. The first-order chi connectivity index (χ1) is 9.22. The van der Waals surface area contributed by atoms with Gasteiger partial charge in [-0.25, -0.2) is 0 Å². The summed E-state index contributed by atoms with van der Waals surface area (Å²) in [4.78, 5) is 13.7. The second kappa shape index (κ2) is 6.71. The number of hydrogen-bond acceptors (Lipinski definition) is 2. The van der Waals surface area contributed by atoms with Crippen LogP contribution in [0.3, 0.4) is 0 Å². The first-order valence-corrected chi connectivity index (χ1v) is 6.91. The van der Waals surface area contributed by atoms with E-state index in [1.54, 1.807) is 18.0 Å². The maximum Gasteiger partial charge on any atom is 0.246 e. The van der Waals surface area contributed by atoms with Gasteiger partial charge in [0.1, 0.15) is 0 Å². The highest BCUT2D eigenvalue weighted by Gasteiger charge is 2.23. The Morgan fingerprint density at radius 1 is 1.25 bits per heavy atom. The molecule has 110 valence electrons. The zero-order valence-corrected chi connectivity index (χ0v) is 13.0. The van der Waals surface area contributed by atoms with Crippen LogP contribution in [0.25, 0.3) is 0 Å². The van der Waals surface area contributed by atoms with Crippen molar-refractivity contribution < 1.29 is 9.90 Å². The van der Waals surface area contributed by atoms with E-state index in [9.17, 15) is 9.90 Å². The normalized spacial score (nSPS) is 15.1. The maximum absolute atomic E-state index is 12.1. The van der Waals surface area contributed by atoms with Crippen LogP contribution in [0.1, 0.15) is 39.4 Å². The summed E-state index contributed by atoms with van der Waals surface area (Å²) < 4.78 is 0. The van der Waals surface area contributed by atoms with E-state index in [2.05, 4.69) is 0 Å². The van der Waals surface area contributed by atoms with Crippen LogP contribution in [0, 0.1) is 5.41 Å². The van der Waals surface area contributed by atoms with Gasteiger partial charge in [0.05, 0.1) is 12.1 Å². The largest absolute Gasteiger partial charge is 0.386 e. The van der Waals surface area contributed by atoms with Crippen molar-refractivity contribution in [3.05, 3.63) is 48.0 Å². The molecular formula is C17H25NO2. The number of allylic oxidation sites excluding steroid dienone is 1. The molecule has 1 amide bonds. The van der Waals surface area contributed by atoms with Crippen molar-refractivity contribution in [2.75, 3.05) is 7.05 Å². The van der Waals surface area contributed by atoms with E-state index in [1.165, 1.54) is 0 Å². The van der Waals surface area contributed by atoms with Crippen molar-refractivity contribution in [3.63, 3.8) is 0 Å². The Morgan fingerprint density at radius 3 is 2.30 bits per heavy atom. The first-order valence-electron chi connectivity index (χ1n) is 6.91. The molecule has 0 spiro atoms. The van der Waals surface area contributed by atoms with Crippen molar-refractivity contribution >= 4 is 5.91 Å². The molecule has 0 fully saturated rings. The Balaban J connectivity index is 2.74. The topological polar surface area (TPSA) is 40.5 Å². The summed E-state index contributed by atoms with van der Waals surface area (Å²) in [6.45, 7) is 7.97. The van der Waals surface area contributed by atoms with Gasteiger partial charge in [-0.15, -0.1) is 0 Å². The standard InChI is InChI=1S/C17H25NO2/c1-13(16(20)14-9-7-6-8-10-14)18(5)15(19)11-12-17(2,3)4/h6-13,16,20H,1-5H3/b12-11+/t13-,16+/m0/s1. The number of amides is 1. The first kappa shape index (κ1) is 16.4. The van der Waals surface area contributed by atoms with Crippen LogP contribution in [-0.4, -0.2) is 29.0 Å². The molecule has 1 rings (SSSR count). The SMILES string of the molecule is C[C@@H]([C@@H](O)c1ccccc1)N(C)C(=O)/C=C/C(C)(C)C. The lowest BCUT2D eigenvalue weighted by Crippen LogP contribution is -2.38. The van der Waals surface area contributed by atoms with E-state index in [0.717, 1.165) is 5.56 Å². The fourth-order valence-electron chi connectivity index (χ4n) is 1.78. The fraction of sp³-hybridized carbons (Fsp3) is 0.471. The molecule has 3 heteroatoms. The minimum Gasteiger partial charge on any atom is -0.386 e. The Kier molecular flexibility index (Phi) is 5.52. The van der Waals surface area contributed by atoms with Gasteiger partial charge >= 0.3 is 0 Å². The fourth-order valence-corrected chi connectivity index (χ4v) is 1.78. The molecule has 2 atom stereocenters. The number of nitrogens with zero attached hydrogens (tertiary/aromatic N) is 1. The summed E-state index contributed by atoms with van der Waals surface area (Å²) in [5, 5.41) is 10.3. The van der Waals surface area contributed by atoms with Crippen LogP contribution in [0.15, 0.2) is 42.5 Å². The molecule has 0 aliphatic rings. The predicted octanol–water partition coefficient (Wildman–Crippen LogP) is 3.17. The third-order valence-electron chi connectivity index (χ3n) is 3.28. The monoisotopic (exact) mass is 275 g/mol.